The number of aliphatic hydroxyl groups excluding tert-OH is 1. The summed E-state index contributed by atoms with van der Waals surface area (Å²) in [6.07, 6.45) is -0.427. The average Bonchev–Trinajstić information content (AvgIpc) is 1.87. The minimum Gasteiger partial charge on any atom is -1.00 e. The summed E-state index contributed by atoms with van der Waals surface area (Å²) in [6, 6.07) is 0. The van der Waals surface area contributed by atoms with E-state index in [1.807, 2.05) is 0 Å². The summed E-state index contributed by atoms with van der Waals surface area (Å²) in [6.45, 7) is 4.27. The van der Waals surface area contributed by atoms with Gasteiger partial charge in [0.2, 0.25) is 0 Å². The first-order valence-electron chi connectivity index (χ1n) is 2.64. The van der Waals surface area contributed by atoms with Gasteiger partial charge in [-0.3, -0.25) is 0 Å². The first kappa shape index (κ1) is 14.0. The van der Waals surface area contributed by atoms with E-state index in [0.717, 1.165) is 6.08 Å². The summed E-state index contributed by atoms with van der Waals surface area (Å²) in [5.41, 5.74) is 0. The van der Waals surface area contributed by atoms with Crippen molar-refractivity contribution in [1.29, 1.82) is 0 Å². The maximum absolute atomic E-state index is 10.4. The third-order valence-electron chi connectivity index (χ3n) is 0.709. The summed E-state index contributed by atoms with van der Waals surface area (Å²) in [7, 11) is 0. The molecule has 0 aromatic rings. The second kappa shape index (κ2) is 7.14. The van der Waals surface area contributed by atoms with Gasteiger partial charge >= 0.3 is 63.3 Å². The molecule has 0 aliphatic rings. The molecular weight excluding hydrogens is 175 g/mol. The van der Waals surface area contributed by atoms with E-state index < -0.39 is 18.0 Å². The Kier molecular flexibility index (Phi) is 9.11. The zero-order valence-electron chi connectivity index (χ0n) is 7.53. The molecule has 0 aromatic carbocycles. The number of esters is 2. The zero-order chi connectivity index (χ0) is 8.15. The molecule has 0 spiro atoms. The van der Waals surface area contributed by atoms with Gasteiger partial charge in [-0.1, -0.05) is 6.58 Å². The van der Waals surface area contributed by atoms with Gasteiger partial charge in [0.05, 0.1) is 0 Å². The van der Waals surface area contributed by atoms with Gasteiger partial charge in [-0.2, -0.15) is 0 Å². The SMILES string of the molecule is C=CC(=O)OC(=O)C(C)O.[H-].[K+]. The van der Waals surface area contributed by atoms with Crippen molar-refractivity contribution in [3.05, 3.63) is 12.7 Å². The number of aliphatic hydroxyl groups is 1. The Morgan fingerprint density at radius 1 is 1.73 bits per heavy atom. The summed E-state index contributed by atoms with van der Waals surface area (Å²) in [5, 5.41) is 8.50. The molecule has 4 nitrogen and oxygen atoms in total. The van der Waals surface area contributed by atoms with Crippen LogP contribution in [-0.2, 0) is 14.3 Å². The van der Waals surface area contributed by atoms with Crippen molar-refractivity contribution in [1.82, 2.24) is 0 Å². The van der Waals surface area contributed by atoms with Crippen LogP contribution in [0.1, 0.15) is 8.35 Å². The fourth-order valence-electron chi connectivity index (χ4n) is 0.226. The van der Waals surface area contributed by atoms with E-state index in [1.54, 1.807) is 0 Å². The second-order valence-corrected chi connectivity index (χ2v) is 1.62. The van der Waals surface area contributed by atoms with Crippen LogP contribution in [-0.4, -0.2) is 23.1 Å². The molecule has 0 bridgehead atoms. The van der Waals surface area contributed by atoms with Crippen LogP contribution in [0.2, 0.25) is 0 Å². The molecule has 1 N–H and O–H groups in total. The quantitative estimate of drug-likeness (QED) is 0.212. The van der Waals surface area contributed by atoms with Crippen LogP contribution >= 0.6 is 0 Å². The summed E-state index contributed by atoms with van der Waals surface area (Å²) >= 11 is 0. The molecule has 0 amide bonds. The van der Waals surface area contributed by atoms with Gasteiger partial charge in [-0.15, -0.1) is 0 Å². The van der Waals surface area contributed by atoms with E-state index in [9.17, 15) is 9.59 Å². The molecule has 0 fully saturated rings. The number of ether oxygens (including phenoxy) is 1. The fraction of sp³-hybridized carbons (Fsp3) is 0.333. The Balaban J connectivity index is -0.000000405. The maximum atomic E-state index is 10.4. The molecule has 1 atom stereocenters. The molecule has 0 saturated heterocycles. The Morgan fingerprint density at radius 3 is 2.45 bits per heavy atom. The molecule has 0 heterocycles. The van der Waals surface area contributed by atoms with E-state index in [0.29, 0.717) is 0 Å². The predicted molar refractivity (Wildman–Crippen MR) is 34.1 cm³/mol. The molecule has 0 rings (SSSR count). The van der Waals surface area contributed by atoms with Crippen molar-refractivity contribution in [2.45, 2.75) is 13.0 Å². The Labute approximate surface area is 109 Å². The van der Waals surface area contributed by atoms with Crippen molar-refractivity contribution in [3.8, 4) is 0 Å². The van der Waals surface area contributed by atoms with E-state index in [2.05, 4.69) is 11.3 Å². The largest absolute Gasteiger partial charge is 1.00 e. The Bertz CT molecular complexity index is 169. The molecule has 58 valence electrons. The van der Waals surface area contributed by atoms with E-state index in [1.165, 1.54) is 6.92 Å². The standard InChI is InChI=1S/C6H8O4.K.H/c1-3-5(8)10-6(9)4(2)7;;/h3-4,7H,1H2,2H3;;/q;+1;-1. The Morgan fingerprint density at radius 2 is 2.18 bits per heavy atom. The molecular formula is C6H9KO4. The molecule has 0 aromatic heterocycles. The average molecular weight is 184 g/mol. The smallest absolute Gasteiger partial charge is 1.00 e. The van der Waals surface area contributed by atoms with Gasteiger partial charge < -0.3 is 11.3 Å². The van der Waals surface area contributed by atoms with Crippen LogP contribution < -0.4 is 51.4 Å². The molecule has 0 radical (unpaired) electrons. The second-order valence-electron chi connectivity index (χ2n) is 1.62. The van der Waals surface area contributed by atoms with Gasteiger partial charge in [0.25, 0.3) is 0 Å². The third kappa shape index (κ3) is 6.86. The van der Waals surface area contributed by atoms with Gasteiger partial charge in [0.15, 0.2) is 0 Å². The van der Waals surface area contributed by atoms with Crippen molar-refractivity contribution in [2.75, 3.05) is 0 Å². The summed E-state index contributed by atoms with van der Waals surface area (Å²) < 4.78 is 4.02. The first-order valence-corrected chi connectivity index (χ1v) is 2.64. The molecule has 0 aliphatic heterocycles. The van der Waals surface area contributed by atoms with Crippen LogP contribution in [0.25, 0.3) is 0 Å². The van der Waals surface area contributed by atoms with Crippen LogP contribution in [0, 0.1) is 0 Å². The number of hydrogen-bond donors (Lipinski definition) is 1. The van der Waals surface area contributed by atoms with Crippen LogP contribution in [0.15, 0.2) is 12.7 Å². The van der Waals surface area contributed by atoms with Gasteiger partial charge in [-0.25, -0.2) is 9.59 Å². The van der Waals surface area contributed by atoms with Crippen molar-refractivity contribution in [2.24, 2.45) is 0 Å². The Hall–Kier alpha value is 0.476. The maximum Gasteiger partial charge on any atom is 1.00 e. The molecule has 1 unspecified atom stereocenters. The third-order valence-corrected chi connectivity index (χ3v) is 0.709. The number of carbonyl (C=O) groups is 2. The topological polar surface area (TPSA) is 63.6 Å². The first-order chi connectivity index (χ1) is 4.57. The number of carbonyl (C=O) groups excluding carboxylic acids is 2. The minimum absolute atomic E-state index is 0. The zero-order valence-corrected chi connectivity index (χ0v) is 9.66. The summed E-state index contributed by atoms with van der Waals surface area (Å²) in [4.78, 5) is 20.6. The summed E-state index contributed by atoms with van der Waals surface area (Å²) in [5.74, 6) is -1.82. The van der Waals surface area contributed by atoms with Crippen LogP contribution in [0.3, 0.4) is 0 Å². The van der Waals surface area contributed by atoms with E-state index in [4.69, 9.17) is 5.11 Å². The number of hydrogen-bond acceptors (Lipinski definition) is 4. The van der Waals surface area contributed by atoms with E-state index in [-0.39, 0.29) is 52.8 Å². The fourth-order valence-corrected chi connectivity index (χ4v) is 0.226. The molecule has 5 heteroatoms. The van der Waals surface area contributed by atoms with E-state index >= 15 is 0 Å². The number of rotatable bonds is 2. The molecule has 0 saturated carbocycles. The van der Waals surface area contributed by atoms with Gasteiger partial charge in [0.1, 0.15) is 6.10 Å². The minimum atomic E-state index is -1.27. The predicted octanol–water partition coefficient (Wildman–Crippen LogP) is -3.26. The van der Waals surface area contributed by atoms with Crippen molar-refractivity contribution < 1.29 is 72.2 Å². The van der Waals surface area contributed by atoms with Crippen LogP contribution in [0.4, 0.5) is 0 Å². The normalized spacial score (nSPS) is 10.7. The van der Waals surface area contributed by atoms with Crippen molar-refractivity contribution >= 4 is 11.9 Å². The monoisotopic (exact) mass is 184 g/mol. The van der Waals surface area contributed by atoms with Gasteiger partial charge in [0, 0.05) is 6.08 Å². The van der Waals surface area contributed by atoms with Crippen molar-refractivity contribution in [3.63, 3.8) is 0 Å². The molecule has 0 aliphatic carbocycles. The van der Waals surface area contributed by atoms with Gasteiger partial charge in [-0.05, 0) is 6.92 Å². The van der Waals surface area contributed by atoms with Crippen LogP contribution in [0.5, 0.6) is 0 Å². The molecule has 11 heavy (non-hydrogen) atoms.